The van der Waals surface area contributed by atoms with Crippen molar-refractivity contribution < 1.29 is 9.53 Å². The lowest BCUT2D eigenvalue weighted by Gasteiger charge is -2.11. The summed E-state index contributed by atoms with van der Waals surface area (Å²) in [6.07, 6.45) is 3.66. The molecule has 0 aromatic heterocycles. The lowest BCUT2D eigenvalue weighted by molar-refractivity contribution is -0.120. The van der Waals surface area contributed by atoms with Crippen LogP contribution in [-0.4, -0.2) is 25.1 Å². The van der Waals surface area contributed by atoms with E-state index in [1.165, 1.54) is 0 Å². The van der Waals surface area contributed by atoms with Gasteiger partial charge in [-0.05, 0) is 31.4 Å². The summed E-state index contributed by atoms with van der Waals surface area (Å²) in [4.78, 5) is 11.6. The number of carbonyl (C=O) groups is 1. The van der Waals surface area contributed by atoms with E-state index in [9.17, 15) is 4.79 Å². The van der Waals surface area contributed by atoms with E-state index in [1.807, 2.05) is 18.2 Å². The van der Waals surface area contributed by atoms with Gasteiger partial charge in [0, 0.05) is 30.8 Å². The van der Waals surface area contributed by atoms with Gasteiger partial charge in [0.15, 0.2) is 0 Å². The van der Waals surface area contributed by atoms with Crippen LogP contribution < -0.4 is 21.1 Å². The van der Waals surface area contributed by atoms with Gasteiger partial charge in [0.1, 0.15) is 5.75 Å². The lowest BCUT2D eigenvalue weighted by Crippen LogP contribution is -2.27. The fourth-order valence-corrected chi connectivity index (χ4v) is 1.83. The normalized spacial score (nSPS) is 13.8. The Balaban J connectivity index is 1.77. The van der Waals surface area contributed by atoms with Crippen molar-refractivity contribution in [1.82, 2.24) is 5.32 Å². The molecule has 1 aliphatic carbocycles. The molecule has 1 fully saturated rings. The van der Waals surface area contributed by atoms with Crippen molar-refractivity contribution in [1.29, 1.82) is 0 Å². The first-order valence-electron chi connectivity index (χ1n) is 7.24. The zero-order valence-corrected chi connectivity index (χ0v) is 11.9. The van der Waals surface area contributed by atoms with Gasteiger partial charge < -0.3 is 21.1 Å². The third kappa shape index (κ3) is 4.64. The van der Waals surface area contributed by atoms with Crippen LogP contribution in [0.1, 0.15) is 32.6 Å². The molecule has 5 heteroatoms. The van der Waals surface area contributed by atoms with Crippen molar-refractivity contribution in [3.05, 3.63) is 18.2 Å². The average molecular weight is 277 g/mol. The van der Waals surface area contributed by atoms with Crippen molar-refractivity contribution >= 4 is 17.3 Å². The van der Waals surface area contributed by atoms with Crippen molar-refractivity contribution in [2.75, 3.05) is 24.2 Å². The van der Waals surface area contributed by atoms with Gasteiger partial charge in [-0.3, -0.25) is 4.79 Å². The highest BCUT2D eigenvalue weighted by Gasteiger charge is 2.22. The van der Waals surface area contributed by atoms with Gasteiger partial charge >= 0.3 is 0 Å². The summed E-state index contributed by atoms with van der Waals surface area (Å²) in [6.45, 7) is 3.31. The fraction of sp³-hybridized carbons (Fsp3) is 0.533. The molecular formula is C15H23N3O2. The highest BCUT2D eigenvalue weighted by Crippen LogP contribution is 2.25. The number of amides is 1. The molecular weight excluding hydrogens is 254 g/mol. The molecule has 1 saturated carbocycles. The van der Waals surface area contributed by atoms with Crippen LogP contribution in [0.25, 0.3) is 0 Å². The van der Waals surface area contributed by atoms with E-state index in [4.69, 9.17) is 10.5 Å². The van der Waals surface area contributed by atoms with Gasteiger partial charge in [0.25, 0.3) is 0 Å². The Morgan fingerprint density at radius 3 is 2.95 bits per heavy atom. The lowest BCUT2D eigenvalue weighted by atomic mass is 10.2. The smallest absolute Gasteiger partial charge is 0.221 e. The number of hydrogen-bond acceptors (Lipinski definition) is 4. The Labute approximate surface area is 119 Å². The molecule has 20 heavy (non-hydrogen) atoms. The van der Waals surface area contributed by atoms with Crippen LogP contribution in [0.15, 0.2) is 18.2 Å². The number of nitrogens with two attached hydrogens (primary N) is 1. The zero-order valence-electron chi connectivity index (χ0n) is 11.9. The molecule has 5 nitrogen and oxygen atoms in total. The number of benzene rings is 1. The minimum absolute atomic E-state index is 0.109. The molecule has 0 atom stereocenters. The predicted octanol–water partition coefficient (Wildman–Crippen LogP) is 2.14. The molecule has 0 bridgehead atoms. The topological polar surface area (TPSA) is 76.4 Å². The summed E-state index contributed by atoms with van der Waals surface area (Å²) in [5.74, 6) is 0.803. The van der Waals surface area contributed by atoms with Crippen LogP contribution in [0.5, 0.6) is 5.75 Å². The van der Waals surface area contributed by atoms with Crippen LogP contribution in [0.3, 0.4) is 0 Å². The van der Waals surface area contributed by atoms with Crippen molar-refractivity contribution in [3.63, 3.8) is 0 Å². The molecule has 1 aromatic carbocycles. The highest BCUT2D eigenvalue weighted by atomic mass is 16.5. The van der Waals surface area contributed by atoms with Crippen LogP contribution in [0.2, 0.25) is 0 Å². The third-order valence-electron chi connectivity index (χ3n) is 3.10. The number of ether oxygens (including phenoxy) is 1. The fourth-order valence-electron chi connectivity index (χ4n) is 1.83. The van der Waals surface area contributed by atoms with E-state index in [-0.39, 0.29) is 5.91 Å². The number of rotatable bonds is 8. The predicted molar refractivity (Wildman–Crippen MR) is 80.9 cm³/mol. The van der Waals surface area contributed by atoms with E-state index in [0.29, 0.717) is 37.1 Å². The minimum atomic E-state index is 0.109. The van der Waals surface area contributed by atoms with Crippen molar-refractivity contribution in [3.8, 4) is 5.75 Å². The maximum Gasteiger partial charge on any atom is 0.221 e. The summed E-state index contributed by atoms with van der Waals surface area (Å²) < 4.78 is 5.57. The minimum Gasteiger partial charge on any atom is -0.491 e. The van der Waals surface area contributed by atoms with Gasteiger partial charge in [-0.2, -0.15) is 0 Å². The van der Waals surface area contributed by atoms with Gasteiger partial charge in [0.2, 0.25) is 5.91 Å². The second kappa shape index (κ2) is 7.03. The summed E-state index contributed by atoms with van der Waals surface area (Å²) in [6, 6.07) is 6.02. The van der Waals surface area contributed by atoms with Gasteiger partial charge in [-0.15, -0.1) is 0 Å². The Bertz CT molecular complexity index is 458. The molecule has 0 radical (unpaired) electrons. The van der Waals surface area contributed by atoms with E-state index in [0.717, 1.165) is 24.9 Å². The molecule has 0 unspecified atom stereocenters. The first kappa shape index (κ1) is 14.5. The molecule has 0 spiro atoms. The largest absolute Gasteiger partial charge is 0.491 e. The molecule has 110 valence electrons. The van der Waals surface area contributed by atoms with Crippen LogP contribution in [0, 0.1) is 0 Å². The second-order valence-corrected chi connectivity index (χ2v) is 5.12. The van der Waals surface area contributed by atoms with Crippen LogP contribution in [0.4, 0.5) is 11.4 Å². The first-order chi connectivity index (χ1) is 9.69. The number of carbonyl (C=O) groups excluding carboxylic acids is 1. The second-order valence-electron chi connectivity index (χ2n) is 5.12. The third-order valence-corrected chi connectivity index (χ3v) is 3.10. The van der Waals surface area contributed by atoms with Gasteiger partial charge in [-0.1, -0.05) is 6.92 Å². The van der Waals surface area contributed by atoms with E-state index in [2.05, 4.69) is 17.6 Å². The molecule has 0 saturated heterocycles. The molecule has 1 amide bonds. The Morgan fingerprint density at radius 2 is 2.25 bits per heavy atom. The summed E-state index contributed by atoms with van der Waals surface area (Å²) >= 11 is 0. The molecule has 4 N–H and O–H groups in total. The zero-order chi connectivity index (χ0) is 14.4. The maximum absolute atomic E-state index is 11.6. The van der Waals surface area contributed by atoms with Crippen molar-refractivity contribution in [2.45, 2.75) is 38.6 Å². The summed E-state index contributed by atoms with van der Waals surface area (Å²) in [7, 11) is 0. The molecule has 1 aromatic rings. The highest BCUT2D eigenvalue weighted by molar-refractivity contribution is 5.77. The maximum atomic E-state index is 11.6. The first-order valence-corrected chi connectivity index (χ1v) is 7.24. The SMILES string of the molecule is CCCOc1cc(NCCC(=O)NC2CC2)ccc1N. The monoisotopic (exact) mass is 277 g/mol. The Kier molecular flexibility index (Phi) is 5.09. The molecule has 0 heterocycles. The van der Waals surface area contributed by atoms with Gasteiger partial charge in [0.05, 0.1) is 12.3 Å². The Morgan fingerprint density at radius 1 is 1.45 bits per heavy atom. The van der Waals surface area contributed by atoms with E-state index < -0.39 is 0 Å². The standard InChI is InChI=1S/C15H23N3O2/c1-2-9-20-14-10-12(5-6-13(14)16)17-8-7-15(19)18-11-3-4-11/h5-6,10-11,17H,2-4,7-9,16H2,1H3,(H,18,19). The summed E-state index contributed by atoms with van der Waals surface area (Å²) in [5, 5.41) is 6.18. The van der Waals surface area contributed by atoms with E-state index >= 15 is 0 Å². The summed E-state index contributed by atoms with van der Waals surface area (Å²) in [5.41, 5.74) is 7.41. The van der Waals surface area contributed by atoms with Crippen molar-refractivity contribution in [2.24, 2.45) is 0 Å². The van der Waals surface area contributed by atoms with E-state index in [1.54, 1.807) is 0 Å². The Hall–Kier alpha value is -1.91. The molecule has 1 aliphatic rings. The van der Waals surface area contributed by atoms with Gasteiger partial charge in [-0.25, -0.2) is 0 Å². The number of hydrogen-bond donors (Lipinski definition) is 3. The number of nitrogens with one attached hydrogen (secondary N) is 2. The number of anilines is 2. The van der Waals surface area contributed by atoms with Crippen LogP contribution >= 0.6 is 0 Å². The molecule has 0 aliphatic heterocycles. The van der Waals surface area contributed by atoms with Crippen LogP contribution in [-0.2, 0) is 4.79 Å². The molecule has 2 rings (SSSR count). The quantitative estimate of drug-likeness (QED) is 0.636. The number of nitrogen functional groups attached to an aromatic ring is 1. The average Bonchev–Trinajstić information content (AvgIpc) is 3.23.